The maximum atomic E-state index is 13.7. The molecule has 1 aromatic carbocycles. The van der Waals surface area contributed by atoms with Gasteiger partial charge in [-0.15, -0.1) is 0 Å². The van der Waals surface area contributed by atoms with Crippen molar-refractivity contribution in [3.05, 3.63) is 35.9 Å². The van der Waals surface area contributed by atoms with Crippen LogP contribution in [0.15, 0.2) is 18.5 Å². The number of aromatic nitrogens is 3. The zero-order chi connectivity index (χ0) is 13.6. The highest BCUT2D eigenvalue weighted by Crippen LogP contribution is 2.35. The molecule has 8 heteroatoms. The number of phenols is 1. The Morgan fingerprint density at radius 2 is 1.79 bits per heavy atom. The molecule has 0 radical (unpaired) electrons. The quantitative estimate of drug-likeness (QED) is 0.698. The van der Waals surface area contributed by atoms with Gasteiger partial charge in [-0.2, -0.15) is 4.39 Å². The molecule has 2 aromatic heterocycles. The van der Waals surface area contributed by atoms with Gasteiger partial charge in [-0.05, 0) is 6.07 Å². The molecular formula is C11H4F3N3OS. The smallest absolute Gasteiger partial charge is 0.203 e. The van der Waals surface area contributed by atoms with Gasteiger partial charge in [-0.25, -0.2) is 23.7 Å². The molecule has 1 N–H and O–H groups in total. The lowest BCUT2D eigenvalue weighted by molar-refractivity contribution is 0.377. The van der Waals surface area contributed by atoms with Gasteiger partial charge in [-0.1, -0.05) is 11.3 Å². The van der Waals surface area contributed by atoms with Crippen LogP contribution >= 0.6 is 11.3 Å². The van der Waals surface area contributed by atoms with E-state index in [-0.39, 0.29) is 16.2 Å². The van der Waals surface area contributed by atoms with Gasteiger partial charge in [0.2, 0.25) is 5.82 Å². The van der Waals surface area contributed by atoms with E-state index in [1.54, 1.807) is 0 Å². The Kier molecular flexibility index (Phi) is 2.59. The van der Waals surface area contributed by atoms with E-state index in [4.69, 9.17) is 5.11 Å². The molecule has 2 heterocycles. The first-order chi connectivity index (χ1) is 9.08. The van der Waals surface area contributed by atoms with Gasteiger partial charge in [0.1, 0.15) is 5.01 Å². The zero-order valence-corrected chi connectivity index (χ0v) is 9.88. The van der Waals surface area contributed by atoms with Gasteiger partial charge in [0.25, 0.3) is 0 Å². The number of aromatic hydroxyl groups is 1. The number of hydrogen-bond acceptors (Lipinski definition) is 5. The van der Waals surface area contributed by atoms with E-state index in [0.717, 1.165) is 11.3 Å². The van der Waals surface area contributed by atoms with Gasteiger partial charge >= 0.3 is 0 Å². The summed E-state index contributed by atoms with van der Waals surface area (Å²) in [6, 6.07) is 0.641. The van der Waals surface area contributed by atoms with Gasteiger partial charge in [0, 0.05) is 12.4 Å². The number of hydrogen-bond donors (Lipinski definition) is 1. The van der Waals surface area contributed by atoms with Crippen molar-refractivity contribution in [2.45, 2.75) is 0 Å². The molecule has 0 aliphatic heterocycles. The van der Waals surface area contributed by atoms with Crippen LogP contribution in [0.25, 0.3) is 21.0 Å². The van der Waals surface area contributed by atoms with Crippen molar-refractivity contribution in [3.63, 3.8) is 0 Å². The summed E-state index contributed by atoms with van der Waals surface area (Å²) < 4.78 is 39.9. The summed E-state index contributed by atoms with van der Waals surface area (Å²) in [6.45, 7) is 0. The zero-order valence-electron chi connectivity index (χ0n) is 9.06. The minimum Gasteiger partial charge on any atom is -0.503 e. The maximum Gasteiger partial charge on any atom is 0.203 e. The predicted molar refractivity (Wildman–Crippen MR) is 62.2 cm³/mol. The van der Waals surface area contributed by atoms with Crippen molar-refractivity contribution in [1.29, 1.82) is 0 Å². The average molecular weight is 283 g/mol. The third kappa shape index (κ3) is 1.80. The van der Waals surface area contributed by atoms with E-state index in [0.29, 0.717) is 10.9 Å². The molecule has 19 heavy (non-hydrogen) atoms. The average Bonchev–Trinajstić information content (AvgIpc) is 2.84. The number of benzene rings is 1. The molecular weight excluding hydrogens is 279 g/mol. The highest BCUT2D eigenvalue weighted by atomic mass is 32.1. The van der Waals surface area contributed by atoms with Crippen molar-refractivity contribution in [3.8, 4) is 16.3 Å². The van der Waals surface area contributed by atoms with Crippen LogP contribution in [-0.4, -0.2) is 20.1 Å². The van der Waals surface area contributed by atoms with Crippen LogP contribution in [-0.2, 0) is 0 Å². The molecule has 4 nitrogen and oxygen atoms in total. The molecule has 0 fully saturated rings. The van der Waals surface area contributed by atoms with E-state index in [1.807, 2.05) is 0 Å². The molecule has 0 aliphatic rings. The van der Waals surface area contributed by atoms with E-state index in [9.17, 15) is 13.2 Å². The van der Waals surface area contributed by atoms with E-state index < -0.39 is 23.2 Å². The minimum atomic E-state index is -1.63. The molecule has 0 saturated carbocycles. The molecule has 96 valence electrons. The van der Waals surface area contributed by atoms with Crippen molar-refractivity contribution >= 4 is 21.8 Å². The second-order valence-electron chi connectivity index (χ2n) is 3.59. The van der Waals surface area contributed by atoms with E-state index >= 15 is 0 Å². The largest absolute Gasteiger partial charge is 0.503 e. The Bertz CT molecular complexity index is 757. The van der Waals surface area contributed by atoms with Crippen LogP contribution in [0.1, 0.15) is 0 Å². The second kappa shape index (κ2) is 4.16. The molecule has 0 unspecified atom stereocenters. The van der Waals surface area contributed by atoms with Crippen LogP contribution in [0.2, 0.25) is 0 Å². The van der Waals surface area contributed by atoms with Crippen LogP contribution in [0.3, 0.4) is 0 Å². The number of rotatable bonds is 1. The molecule has 0 amide bonds. The molecule has 0 atom stereocenters. The summed E-state index contributed by atoms with van der Waals surface area (Å²) in [7, 11) is 0. The summed E-state index contributed by atoms with van der Waals surface area (Å²) in [5.74, 6) is -5.61. The first-order valence-electron chi connectivity index (χ1n) is 5.02. The third-order valence-corrected chi connectivity index (χ3v) is 3.40. The van der Waals surface area contributed by atoms with Gasteiger partial charge in [0.05, 0.1) is 5.56 Å². The fourth-order valence-corrected chi connectivity index (χ4v) is 2.42. The second-order valence-corrected chi connectivity index (χ2v) is 4.56. The van der Waals surface area contributed by atoms with Crippen molar-refractivity contribution in [2.75, 3.05) is 0 Å². The SMILES string of the molecule is Oc1c(F)c(F)cc(-c2nc3nccnc3s2)c1F. The monoisotopic (exact) mass is 283 g/mol. The first kappa shape index (κ1) is 11.8. The van der Waals surface area contributed by atoms with Gasteiger partial charge < -0.3 is 5.11 Å². The Hall–Kier alpha value is -2.22. The number of thiazole rings is 1. The standard InChI is InChI=1S/C11H4F3N3OS/c12-5-3-4(6(13)8(18)7(5)14)10-17-9-11(19-10)16-2-1-15-9/h1-3,18H. The number of phenolic OH excluding ortho intramolecular Hbond substituents is 1. The summed E-state index contributed by atoms with van der Waals surface area (Å²) in [5, 5.41) is 9.22. The number of halogens is 3. The predicted octanol–water partition coefficient (Wildman–Crippen LogP) is 2.88. The molecule has 0 saturated heterocycles. The summed E-state index contributed by atoms with van der Waals surface area (Å²) in [5.41, 5.74) is -0.0627. The Morgan fingerprint density at radius 3 is 2.53 bits per heavy atom. The van der Waals surface area contributed by atoms with Crippen molar-refractivity contribution in [1.82, 2.24) is 15.0 Å². The minimum absolute atomic E-state index is 0.0629. The molecule has 0 spiro atoms. The van der Waals surface area contributed by atoms with Crippen molar-refractivity contribution in [2.24, 2.45) is 0 Å². The molecule has 3 rings (SSSR count). The number of fused-ring (bicyclic) bond motifs is 1. The Morgan fingerprint density at radius 1 is 1.05 bits per heavy atom. The summed E-state index contributed by atoms with van der Waals surface area (Å²) >= 11 is 0.963. The molecule has 3 aromatic rings. The topological polar surface area (TPSA) is 58.9 Å². The fourth-order valence-electron chi connectivity index (χ4n) is 1.54. The summed E-state index contributed by atoms with van der Waals surface area (Å²) in [4.78, 5) is 12.3. The van der Waals surface area contributed by atoms with Crippen LogP contribution in [0.4, 0.5) is 13.2 Å². The van der Waals surface area contributed by atoms with Crippen LogP contribution in [0, 0.1) is 17.5 Å². The lowest BCUT2D eigenvalue weighted by Crippen LogP contribution is -1.93. The Balaban J connectivity index is 2.27. The maximum absolute atomic E-state index is 13.7. The fraction of sp³-hybridized carbons (Fsp3) is 0. The van der Waals surface area contributed by atoms with E-state index in [1.165, 1.54) is 12.4 Å². The molecule has 0 aliphatic carbocycles. The summed E-state index contributed by atoms with van der Waals surface area (Å²) in [6.07, 6.45) is 2.84. The highest BCUT2D eigenvalue weighted by molar-refractivity contribution is 7.21. The molecule has 0 bridgehead atoms. The lowest BCUT2D eigenvalue weighted by atomic mass is 10.2. The van der Waals surface area contributed by atoms with E-state index in [2.05, 4.69) is 15.0 Å². The normalized spacial score (nSPS) is 11.1. The first-order valence-corrected chi connectivity index (χ1v) is 5.84. The highest BCUT2D eigenvalue weighted by Gasteiger charge is 2.21. The van der Waals surface area contributed by atoms with Crippen molar-refractivity contribution < 1.29 is 18.3 Å². The lowest BCUT2D eigenvalue weighted by Gasteiger charge is -2.03. The third-order valence-electron chi connectivity index (χ3n) is 2.41. The van der Waals surface area contributed by atoms with Crippen LogP contribution in [0.5, 0.6) is 5.75 Å². The van der Waals surface area contributed by atoms with Gasteiger partial charge in [-0.3, -0.25) is 0 Å². The number of nitrogens with zero attached hydrogens (tertiary/aromatic N) is 3. The van der Waals surface area contributed by atoms with Crippen LogP contribution < -0.4 is 0 Å². The van der Waals surface area contributed by atoms with Gasteiger partial charge in [0.15, 0.2) is 27.9 Å². The Labute approximate surface area is 108 Å².